The molecule has 3 aromatic rings. The Labute approximate surface area is 137 Å². The molecule has 2 heterocycles. The molecule has 0 atom stereocenters. The molecule has 0 radical (unpaired) electrons. The van der Waals surface area contributed by atoms with Gasteiger partial charge >= 0.3 is 0 Å². The summed E-state index contributed by atoms with van der Waals surface area (Å²) in [7, 11) is 0. The minimum atomic E-state index is 0.502. The summed E-state index contributed by atoms with van der Waals surface area (Å²) in [5.41, 5.74) is 8.20. The van der Waals surface area contributed by atoms with Crippen molar-refractivity contribution in [2.45, 2.75) is 13.3 Å². The second kappa shape index (κ2) is 5.42. The molecule has 3 rings (SSSR count). The van der Waals surface area contributed by atoms with Gasteiger partial charge in [0.15, 0.2) is 5.82 Å². The molecule has 102 valence electrons. The largest absolute Gasteiger partial charge is 0.383 e. The molecule has 0 saturated heterocycles. The van der Waals surface area contributed by atoms with E-state index in [0.717, 1.165) is 31.1 Å². The molecule has 1 aromatic carbocycles. The van der Waals surface area contributed by atoms with Gasteiger partial charge in [0.05, 0.1) is 10.4 Å². The molecular formula is C14H11Br2N3S. The van der Waals surface area contributed by atoms with Crippen LogP contribution in [0.1, 0.15) is 12.5 Å². The van der Waals surface area contributed by atoms with E-state index < -0.39 is 0 Å². The molecule has 3 nitrogen and oxygen atoms in total. The van der Waals surface area contributed by atoms with Gasteiger partial charge in [0, 0.05) is 14.3 Å². The van der Waals surface area contributed by atoms with Gasteiger partial charge in [-0.3, -0.25) is 0 Å². The van der Waals surface area contributed by atoms with Gasteiger partial charge in [0.2, 0.25) is 0 Å². The molecule has 2 aromatic heterocycles. The van der Waals surface area contributed by atoms with Gasteiger partial charge in [-0.1, -0.05) is 22.9 Å². The monoisotopic (exact) mass is 411 g/mol. The topological polar surface area (TPSA) is 51.8 Å². The maximum atomic E-state index is 6.10. The first-order valence-corrected chi connectivity index (χ1v) is 8.55. The second-order valence-corrected chi connectivity index (χ2v) is 7.03. The molecule has 0 spiro atoms. The maximum Gasteiger partial charge on any atom is 0.172 e. The Balaban J connectivity index is 2.30. The molecule has 0 saturated carbocycles. The third-order valence-corrected chi connectivity index (χ3v) is 5.09. The second-order valence-electron chi connectivity index (χ2n) is 4.34. The third kappa shape index (κ3) is 2.36. The fraction of sp³-hybridized carbons (Fsp3) is 0.143. The molecule has 0 aliphatic carbocycles. The average Bonchev–Trinajstić information content (AvgIpc) is 2.88. The van der Waals surface area contributed by atoms with Crippen LogP contribution in [0, 0.1) is 0 Å². The number of rotatable bonds is 2. The predicted octanol–water partition coefficient (Wildman–Crippen LogP) is 5.03. The number of aryl methyl sites for hydroxylation is 1. The van der Waals surface area contributed by atoms with E-state index in [4.69, 9.17) is 5.73 Å². The number of halogens is 2. The van der Waals surface area contributed by atoms with Crippen LogP contribution in [0.2, 0.25) is 0 Å². The lowest BCUT2D eigenvalue weighted by Crippen LogP contribution is -1.98. The Morgan fingerprint density at radius 1 is 1.25 bits per heavy atom. The number of nitrogen functional groups attached to an aromatic ring is 1. The first-order chi connectivity index (χ1) is 9.60. The molecule has 0 fully saturated rings. The Kier molecular flexibility index (Phi) is 3.79. The van der Waals surface area contributed by atoms with Gasteiger partial charge in [-0.25, -0.2) is 9.97 Å². The van der Waals surface area contributed by atoms with Crippen LogP contribution < -0.4 is 5.73 Å². The number of anilines is 1. The summed E-state index contributed by atoms with van der Waals surface area (Å²) in [5.74, 6) is 1.20. The van der Waals surface area contributed by atoms with Crippen LogP contribution in [0.15, 0.2) is 32.5 Å². The van der Waals surface area contributed by atoms with Crippen molar-refractivity contribution in [3.05, 3.63) is 38.1 Å². The zero-order valence-corrected chi connectivity index (χ0v) is 14.6. The number of benzene rings is 1. The van der Waals surface area contributed by atoms with Crippen LogP contribution >= 0.6 is 43.2 Å². The van der Waals surface area contributed by atoms with Crippen molar-refractivity contribution in [1.29, 1.82) is 0 Å². The normalized spacial score (nSPS) is 11.2. The predicted molar refractivity (Wildman–Crippen MR) is 92.0 cm³/mol. The molecule has 0 aliphatic rings. The summed E-state index contributed by atoms with van der Waals surface area (Å²) < 4.78 is 1.86. The van der Waals surface area contributed by atoms with Crippen LogP contribution in [0.3, 0.4) is 0 Å². The van der Waals surface area contributed by atoms with E-state index in [1.54, 1.807) is 11.3 Å². The molecular weight excluding hydrogens is 402 g/mol. The number of nitrogens with zero attached hydrogens (tertiary/aromatic N) is 2. The lowest BCUT2D eigenvalue weighted by Gasteiger charge is -2.07. The van der Waals surface area contributed by atoms with Crippen LogP contribution in [0.5, 0.6) is 0 Å². The Bertz CT molecular complexity index is 798. The zero-order valence-electron chi connectivity index (χ0n) is 10.7. The highest BCUT2D eigenvalue weighted by molar-refractivity contribution is 9.11. The highest BCUT2D eigenvalue weighted by Crippen LogP contribution is 2.34. The van der Waals surface area contributed by atoms with Crippen molar-refractivity contribution in [3.8, 4) is 10.7 Å². The summed E-state index contributed by atoms with van der Waals surface area (Å²) in [6, 6.07) is 6.02. The van der Waals surface area contributed by atoms with Crippen molar-refractivity contribution < 1.29 is 0 Å². The SMILES string of the molecule is CCc1ccsc1-c1nc(N)c2cc(Br)cc(Br)c2n1. The zero-order chi connectivity index (χ0) is 14.3. The number of nitrogens with two attached hydrogens (primary N) is 1. The smallest absolute Gasteiger partial charge is 0.172 e. The lowest BCUT2D eigenvalue weighted by molar-refractivity contribution is 1.14. The summed E-state index contributed by atoms with van der Waals surface area (Å²) >= 11 is 8.65. The van der Waals surface area contributed by atoms with E-state index >= 15 is 0 Å². The molecule has 20 heavy (non-hydrogen) atoms. The van der Waals surface area contributed by atoms with Crippen LogP contribution in [-0.4, -0.2) is 9.97 Å². The minimum Gasteiger partial charge on any atom is -0.383 e. The Morgan fingerprint density at radius 3 is 2.80 bits per heavy atom. The first-order valence-electron chi connectivity index (χ1n) is 6.09. The van der Waals surface area contributed by atoms with Gasteiger partial charge in [0.25, 0.3) is 0 Å². The molecule has 0 unspecified atom stereocenters. The third-order valence-electron chi connectivity index (χ3n) is 3.08. The lowest BCUT2D eigenvalue weighted by atomic mass is 10.2. The van der Waals surface area contributed by atoms with Crippen molar-refractivity contribution in [3.63, 3.8) is 0 Å². The van der Waals surface area contributed by atoms with Gasteiger partial charge < -0.3 is 5.73 Å². The fourth-order valence-electron chi connectivity index (χ4n) is 2.09. The summed E-state index contributed by atoms with van der Waals surface area (Å²) in [4.78, 5) is 10.2. The summed E-state index contributed by atoms with van der Waals surface area (Å²) in [6.07, 6.45) is 0.960. The number of aromatic nitrogens is 2. The Hall–Kier alpha value is -0.980. The van der Waals surface area contributed by atoms with E-state index in [9.17, 15) is 0 Å². The minimum absolute atomic E-state index is 0.502. The van der Waals surface area contributed by atoms with Crippen molar-refractivity contribution >= 4 is 59.9 Å². The first kappa shape index (κ1) is 14.0. The van der Waals surface area contributed by atoms with Gasteiger partial charge in [0.1, 0.15) is 5.82 Å². The van der Waals surface area contributed by atoms with Gasteiger partial charge in [-0.2, -0.15) is 0 Å². The van der Waals surface area contributed by atoms with E-state index in [0.29, 0.717) is 11.6 Å². The molecule has 0 aliphatic heterocycles. The highest BCUT2D eigenvalue weighted by atomic mass is 79.9. The molecule has 6 heteroatoms. The number of fused-ring (bicyclic) bond motifs is 1. The average molecular weight is 413 g/mol. The standard InChI is InChI=1S/C14H11Br2N3S/c1-2-7-3-4-20-12(7)14-18-11-9(13(17)19-14)5-8(15)6-10(11)16/h3-6H,2H2,1H3,(H2,17,18,19). The molecule has 2 N–H and O–H groups in total. The number of hydrogen-bond donors (Lipinski definition) is 1. The van der Waals surface area contributed by atoms with Gasteiger partial charge in [-0.15, -0.1) is 11.3 Å². The fourth-order valence-corrected chi connectivity index (χ4v) is 4.33. The summed E-state index contributed by atoms with van der Waals surface area (Å²) in [5, 5.41) is 2.92. The maximum absolute atomic E-state index is 6.10. The number of hydrogen-bond acceptors (Lipinski definition) is 4. The van der Waals surface area contributed by atoms with E-state index in [1.807, 2.05) is 12.1 Å². The molecule has 0 amide bonds. The van der Waals surface area contributed by atoms with E-state index in [-0.39, 0.29) is 0 Å². The van der Waals surface area contributed by atoms with Crippen molar-refractivity contribution in [2.75, 3.05) is 5.73 Å². The highest BCUT2D eigenvalue weighted by Gasteiger charge is 2.13. The van der Waals surface area contributed by atoms with E-state index in [1.165, 1.54) is 5.56 Å². The molecule has 0 bridgehead atoms. The van der Waals surface area contributed by atoms with E-state index in [2.05, 4.69) is 60.2 Å². The van der Waals surface area contributed by atoms with Crippen molar-refractivity contribution in [1.82, 2.24) is 9.97 Å². The Morgan fingerprint density at radius 2 is 2.05 bits per heavy atom. The van der Waals surface area contributed by atoms with Crippen LogP contribution in [-0.2, 0) is 6.42 Å². The number of thiophene rings is 1. The van der Waals surface area contributed by atoms with Gasteiger partial charge in [-0.05, 0) is 51.5 Å². The van der Waals surface area contributed by atoms with Crippen LogP contribution in [0.4, 0.5) is 5.82 Å². The van der Waals surface area contributed by atoms with Crippen LogP contribution in [0.25, 0.3) is 21.6 Å². The quantitative estimate of drug-likeness (QED) is 0.642. The van der Waals surface area contributed by atoms with Crippen molar-refractivity contribution in [2.24, 2.45) is 0 Å². The summed E-state index contributed by atoms with van der Waals surface area (Å²) in [6.45, 7) is 2.13.